The van der Waals surface area contributed by atoms with Crippen LogP contribution < -0.4 is 11.1 Å². The number of rotatable bonds is 4. The number of hydrogen-bond acceptors (Lipinski definition) is 4. The van der Waals surface area contributed by atoms with Crippen LogP contribution in [0.4, 0.5) is 4.79 Å². The van der Waals surface area contributed by atoms with Crippen LogP contribution in [-0.2, 0) is 9.53 Å². The second kappa shape index (κ2) is 6.92. The first-order chi connectivity index (χ1) is 9.19. The second-order valence-corrected chi connectivity index (χ2v) is 6.46. The van der Waals surface area contributed by atoms with Crippen LogP contribution in [0.25, 0.3) is 0 Å². The number of likely N-dealkylation sites (tertiary alicyclic amines) is 1. The Hall–Kier alpha value is -1.30. The fraction of sp³-hybridized carbons (Fsp3) is 0.857. The highest BCUT2D eigenvalue weighted by molar-refractivity contribution is 5.75. The van der Waals surface area contributed by atoms with Gasteiger partial charge >= 0.3 is 6.09 Å². The largest absolute Gasteiger partial charge is 0.444 e. The predicted octanol–water partition coefficient (Wildman–Crippen LogP) is 1.10. The minimum Gasteiger partial charge on any atom is -0.444 e. The van der Waals surface area contributed by atoms with E-state index < -0.39 is 5.60 Å². The third-order valence-electron chi connectivity index (χ3n) is 3.41. The molecule has 0 aromatic rings. The molecule has 2 atom stereocenters. The maximum Gasteiger partial charge on any atom is 0.410 e. The number of hydrogen-bond donors (Lipinski definition) is 2. The van der Waals surface area contributed by atoms with Gasteiger partial charge in [0, 0.05) is 19.1 Å². The van der Waals surface area contributed by atoms with E-state index >= 15 is 0 Å². The van der Waals surface area contributed by atoms with Crippen LogP contribution in [0.5, 0.6) is 0 Å². The topological polar surface area (TPSA) is 84.7 Å². The number of piperidine rings is 1. The van der Waals surface area contributed by atoms with Crippen molar-refractivity contribution in [3.63, 3.8) is 0 Å². The van der Waals surface area contributed by atoms with Gasteiger partial charge in [0.1, 0.15) is 5.60 Å². The summed E-state index contributed by atoms with van der Waals surface area (Å²) < 4.78 is 5.40. The summed E-state index contributed by atoms with van der Waals surface area (Å²) in [6, 6.07) is 0.146. The number of carbonyl (C=O) groups excluding carboxylic acids is 2. The van der Waals surface area contributed by atoms with Crippen molar-refractivity contribution in [2.24, 2.45) is 11.7 Å². The molecule has 1 heterocycles. The Morgan fingerprint density at radius 2 is 2.10 bits per heavy atom. The van der Waals surface area contributed by atoms with E-state index in [0.29, 0.717) is 12.5 Å². The molecule has 0 bridgehead atoms. The highest BCUT2D eigenvalue weighted by Crippen LogP contribution is 2.21. The lowest BCUT2D eigenvalue weighted by Gasteiger charge is -2.36. The second-order valence-electron chi connectivity index (χ2n) is 6.46. The van der Waals surface area contributed by atoms with Gasteiger partial charge in [0.15, 0.2) is 0 Å². The Labute approximate surface area is 121 Å². The third-order valence-corrected chi connectivity index (χ3v) is 3.41. The van der Waals surface area contributed by atoms with E-state index in [-0.39, 0.29) is 24.6 Å². The zero-order valence-corrected chi connectivity index (χ0v) is 12.9. The molecule has 1 rings (SSSR count). The molecule has 1 aliphatic heterocycles. The van der Waals surface area contributed by atoms with Gasteiger partial charge in [-0.2, -0.15) is 0 Å². The van der Waals surface area contributed by atoms with Crippen LogP contribution in [0, 0.1) is 5.92 Å². The SMILES string of the molecule is CC(NCC(N)=O)C1CCCN(C(=O)OC(C)(C)C)C1. The molecule has 20 heavy (non-hydrogen) atoms. The number of ether oxygens (including phenoxy) is 1. The highest BCUT2D eigenvalue weighted by atomic mass is 16.6. The Balaban J connectivity index is 2.49. The minimum atomic E-state index is -0.472. The van der Waals surface area contributed by atoms with Crippen molar-refractivity contribution in [2.45, 2.75) is 52.2 Å². The summed E-state index contributed by atoms with van der Waals surface area (Å²) in [6.07, 6.45) is 1.72. The van der Waals surface area contributed by atoms with E-state index in [9.17, 15) is 9.59 Å². The number of carbonyl (C=O) groups is 2. The van der Waals surface area contributed by atoms with Gasteiger partial charge in [-0.1, -0.05) is 0 Å². The number of nitrogens with zero attached hydrogens (tertiary/aromatic N) is 1. The molecule has 0 radical (unpaired) electrons. The molecular weight excluding hydrogens is 258 g/mol. The van der Waals surface area contributed by atoms with Gasteiger partial charge in [0.25, 0.3) is 0 Å². The smallest absolute Gasteiger partial charge is 0.410 e. The van der Waals surface area contributed by atoms with Crippen molar-refractivity contribution in [3.05, 3.63) is 0 Å². The minimum absolute atomic E-state index is 0.146. The molecule has 2 unspecified atom stereocenters. The molecule has 0 aromatic heterocycles. The monoisotopic (exact) mass is 285 g/mol. The summed E-state index contributed by atoms with van der Waals surface area (Å²) in [6.45, 7) is 9.17. The quantitative estimate of drug-likeness (QED) is 0.810. The van der Waals surface area contributed by atoms with Gasteiger partial charge in [0.05, 0.1) is 6.54 Å². The standard InChI is InChI=1S/C14H27N3O3/c1-10(16-8-12(15)18)11-6-5-7-17(9-11)13(19)20-14(2,3)4/h10-11,16H,5-9H2,1-4H3,(H2,15,18). The maximum absolute atomic E-state index is 12.1. The number of nitrogens with one attached hydrogen (secondary N) is 1. The summed E-state index contributed by atoms with van der Waals surface area (Å²) in [4.78, 5) is 24.6. The molecule has 3 N–H and O–H groups in total. The molecule has 2 amide bonds. The first kappa shape index (κ1) is 16.8. The molecule has 1 saturated heterocycles. The third kappa shape index (κ3) is 5.77. The van der Waals surface area contributed by atoms with Crippen LogP contribution in [0.1, 0.15) is 40.5 Å². The van der Waals surface area contributed by atoms with Gasteiger partial charge in [0.2, 0.25) is 5.91 Å². The van der Waals surface area contributed by atoms with Crippen LogP contribution in [0.15, 0.2) is 0 Å². The molecule has 0 aliphatic carbocycles. The first-order valence-electron chi connectivity index (χ1n) is 7.18. The average Bonchev–Trinajstić information content (AvgIpc) is 2.34. The molecular formula is C14H27N3O3. The van der Waals surface area contributed by atoms with Gasteiger partial charge in [-0.15, -0.1) is 0 Å². The number of amides is 2. The molecule has 0 spiro atoms. The molecule has 0 saturated carbocycles. The molecule has 1 fully saturated rings. The molecule has 116 valence electrons. The van der Waals surface area contributed by atoms with E-state index in [1.807, 2.05) is 27.7 Å². The molecule has 1 aliphatic rings. The summed E-state index contributed by atoms with van der Waals surface area (Å²) in [5.41, 5.74) is 4.66. The zero-order valence-electron chi connectivity index (χ0n) is 12.9. The zero-order chi connectivity index (χ0) is 15.3. The van der Waals surface area contributed by atoms with E-state index in [1.165, 1.54) is 0 Å². The summed E-state index contributed by atoms with van der Waals surface area (Å²) >= 11 is 0. The van der Waals surface area contributed by atoms with Crippen molar-refractivity contribution < 1.29 is 14.3 Å². The molecule has 6 nitrogen and oxygen atoms in total. The first-order valence-corrected chi connectivity index (χ1v) is 7.18. The Morgan fingerprint density at radius 1 is 1.45 bits per heavy atom. The number of nitrogens with two attached hydrogens (primary N) is 1. The highest BCUT2D eigenvalue weighted by Gasteiger charge is 2.30. The Kier molecular flexibility index (Phi) is 5.80. The van der Waals surface area contributed by atoms with E-state index in [2.05, 4.69) is 5.32 Å². The summed E-state index contributed by atoms with van der Waals surface area (Å²) in [5.74, 6) is -0.0488. The van der Waals surface area contributed by atoms with Crippen molar-refractivity contribution in [1.29, 1.82) is 0 Å². The lowest BCUT2D eigenvalue weighted by molar-refractivity contribution is -0.117. The van der Waals surface area contributed by atoms with Crippen molar-refractivity contribution >= 4 is 12.0 Å². The van der Waals surface area contributed by atoms with Crippen LogP contribution >= 0.6 is 0 Å². The van der Waals surface area contributed by atoms with Crippen LogP contribution in [0.2, 0.25) is 0 Å². The average molecular weight is 285 g/mol. The van der Waals surface area contributed by atoms with Crippen LogP contribution in [0.3, 0.4) is 0 Å². The lowest BCUT2D eigenvalue weighted by Crippen LogP contribution is -2.49. The Morgan fingerprint density at radius 3 is 2.65 bits per heavy atom. The fourth-order valence-electron chi connectivity index (χ4n) is 2.34. The summed E-state index contributed by atoms with van der Waals surface area (Å²) in [5, 5.41) is 3.11. The molecule has 6 heteroatoms. The van der Waals surface area contributed by atoms with Gasteiger partial charge in [-0.05, 0) is 46.5 Å². The van der Waals surface area contributed by atoms with E-state index in [1.54, 1.807) is 4.90 Å². The van der Waals surface area contributed by atoms with E-state index in [4.69, 9.17) is 10.5 Å². The normalized spacial score (nSPS) is 21.4. The fourth-order valence-corrected chi connectivity index (χ4v) is 2.34. The van der Waals surface area contributed by atoms with Crippen molar-refractivity contribution in [1.82, 2.24) is 10.2 Å². The van der Waals surface area contributed by atoms with Crippen LogP contribution in [-0.4, -0.2) is 48.2 Å². The maximum atomic E-state index is 12.1. The van der Waals surface area contributed by atoms with Crippen molar-refractivity contribution in [2.75, 3.05) is 19.6 Å². The van der Waals surface area contributed by atoms with Crippen molar-refractivity contribution in [3.8, 4) is 0 Å². The lowest BCUT2D eigenvalue weighted by atomic mass is 9.92. The predicted molar refractivity (Wildman–Crippen MR) is 77.2 cm³/mol. The Bertz CT molecular complexity index is 352. The van der Waals surface area contributed by atoms with Gasteiger partial charge in [-0.3, -0.25) is 4.79 Å². The van der Waals surface area contributed by atoms with Gasteiger partial charge < -0.3 is 20.7 Å². The number of primary amides is 1. The molecule has 0 aromatic carbocycles. The van der Waals surface area contributed by atoms with E-state index in [0.717, 1.165) is 19.4 Å². The summed E-state index contributed by atoms with van der Waals surface area (Å²) in [7, 11) is 0. The van der Waals surface area contributed by atoms with Gasteiger partial charge in [-0.25, -0.2) is 4.79 Å².